The third-order valence-electron chi connectivity index (χ3n) is 3.30. The number of nitrogens with one attached hydrogen (secondary N) is 1. The van der Waals surface area contributed by atoms with Crippen LogP contribution in [0, 0.1) is 5.82 Å². The van der Waals surface area contributed by atoms with E-state index in [1.807, 2.05) is 38.1 Å². The number of hydrogen-bond donors (Lipinski definition) is 2. The smallest absolute Gasteiger partial charge is 0.131 e. The third kappa shape index (κ3) is 3.50. The summed E-state index contributed by atoms with van der Waals surface area (Å²) in [5.41, 5.74) is 1.57. The lowest BCUT2D eigenvalue weighted by Crippen LogP contribution is -2.23. The van der Waals surface area contributed by atoms with Crippen LogP contribution in [-0.2, 0) is 0 Å². The molecule has 0 radical (unpaired) electrons. The van der Waals surface area contributed by atoms with Crippen LogP contribution in [0.2, 0.25) is 5.02 Å². The van der Waals surface area contributed by atoms with Gasteiger partial charge in [0.15, 0.2) is 0 Å². The first-order valence-corrected chi connectivity index (χ1v) is 6.85. The van der Waals surface area contributed by atoms with Crippen molar-refractivity contribution in [2.75, 3.05) is 0 Å². The molecule has 106 valence electrons. The molecular formula is C16H17ClFNO. The Morgan fingerprint density at radius 3 is 2.50 bits per heavy atom. The molecule has 0 saturated carbocycles. The molecule has 2 N–H and O–H groups in total. The van der Waals surface area contributed by atoms with Gasteiger partial charge in [-0.1, -0.05) is 29.8 Å². The molecule has 2 atom stereocenters. The summed E-state index contributed by atoms with van der Waals surface area (Å²) < 4.78 is 13.8. The molecule has 20 heavy (non-hydrogen) atoms. The first-order chi connectivity index (χ1) is 9.47. The fraction of sp³-hybridized carbons (Fsp3) is 0.250. The molecule has 0 aliphatic heterocycles. The summed E-state index contributed by atoms with van der Waals surface area (Å²) in [6.07, 6.45) is 0. The fourth-order valence-corrected chi connectivity index (χ4v) is 2.40. The third-order valence-corrected chi connectivity index (χ3v) is 3.53. The van der Waals surface area contributed by atoms with Gasteiger partial charge in [0.1, 0.15) is 11.6 Å². The summed E-state index contributed by atoms with van der Waals surface area (Å²) in [5, 5.41) is 13.2. The molecule has 0 spiro atoms. The van der Waals surface area contributed by atoms with Gasteiger partial charge in [0.25, 0.3) is 0 Å². The summed E-state index contributed by atoms with van der Waals surface area (Å²) in [4.78, 5) is 0. The van der Waals surface area contributed by atoms with Gasteiger partial charge in [-0.2, -0.15) is 0 Å². The van der Waals surface area contributed by atoms with Crippen LogP contribution in [0.25, 0.3) is 0 Å². The number of benzene rings is 2. The quantitative estimate of drug-likeness (QED) is 0.863. The molecule has 2 aromatic rings. The van der Waals surface area contributed by atoms with E-state index >= 15 is 0 Å². The molecule has 0 aliphatic carbocycles. The van der Waals surface area contributed by atoms with E-state index in [9.17, 15) is 9.50 Å². The molecule has 0 saturated heterocycles. The van der Waals surface area contributed by atoms with Crippen LogP contribution >= 0.6 is 11.6 Å². The number of phenolic OH excluding ortho intramolecular Hbond substituents is 1. The molecule has 4 heteroatoms. The predicted octanol–water partition coefficient (Wildman–Crippen LogP) is 4.60. The van der Waals surface area contributed by atoms with Gasteiger partial charge in [0.2, 0.25) is 0 Å². The van der Waals surface area contributed by atoms with Crippen LogP contribution in [0.4, 0.5) is 4.39 Å². The van der Waals surface area contributed by atoms with E-state index in [-0.39, 0.29) is 17.8 Å². The fourth-order valence-electron chi connectivity index (χ4n) is 2.20. The Bertz CT molecular complexity index is 603. The van der Waals surface area contributed by atoms with Crippen LogP contribution in [-0.4, -0.2) is 5.11 Å². The van der Waals surface area contributed by atoms with Gasteiger partial charge in [0, 0.05) is 28.7 Å². The van der Waals surface area contributed by atoms with E-state index in [2.05, 4.69) is 5.32 Å². The highest BCUT2D eigenvalue weighted by Crippen LogP contribution is 2.24. The van der Waals surface area contributed by atoms with Crippen molar-refractivity contribution in [1.29, 1.82) is 0 Å². The second-order valence-electron chi connectivity index (χ2n) is 4.87. The topological polar surface area (TPSA) is 32.3 Å². The van der Waals surface area contributed by atoms with Crippen molar-refractivity contribution < 1.29 is 9.50 Å². The molecule has 0 bridgehead atoms. The predicted molar refractivity (Wildman–Crippen MR) is 79.5 cm³/mol. The maximum Gasteiger partial charge on any atom is 0.131 e. The largest absolute Gasteiger partial charge is 0.508 e. The Balaban J connectivity index is 2.12. The summed E-state index contributed by atoms with van der Waals surface area (Å²) in [5.74, 6) is -0.482. The van der Waals surface area contributed by atoms with Gasteiger partial charge in [-0.05, 0) is 37.6 Å². The minimum Gasteiger partial charge on any atom is -0.508 e. The average molecular weight is 294 g/mol. The van der Waals surface area contributed by atoms with Gasteiger partial charge in [-0.15, -0.1) is 0 Å². The van der Waals surface area contributed by atoms with Crippen molar-refractivity contribution in [2.24, 2.45) is 0 Å². The lowest BCUT2D eigenvalue weighted by atomic mass is 10.0. The first-order valence-electron chi connectivity index (χ1n) is 6.47. The SMILES string of the molecule is CC(NC(C)c1ccc(O)cc1F)c1cccc(Cl)c1. The number of hydrogen-bond acceptors (Lipinski definition) is 2. The van der Waals surface area contributed by atoms with Gasteiger partial charge in [-0.25, -0.2) is 4.39 Å². The first kappa shape index (κ1) is 14.8. The van der Waals surface area contributed by atoms with E-state index in [0.29, 0.717) is 10.6 Å². The van der Waals surface area contributed by atoms with Gasteiger partial charge >= 0.3 is 0 Å². The van der Waals surface area contributed by atoms with Gasteiger partial charge < -0.3 is 10.4 Å². The van der Waals surface area contributed by atoms with Crippen LogP contribution in [0.3, 0.4) is 0 Å². The molecule has 0 aromatic heterocycles. The highest BCUT2D eigenvalue weighted by Gasteiger charge is 2.15. The number of rotatable bonds is 4. The second-order valence-corrected chi connectivity index (χ2v) is 5.31. The molecule has 2 rings (SSSR count). The Kier molecular flexibility index (Phi) is 4.63. The minimum atomic E-state index is -0.414. The molecule has 0 amide bonds. The van der Waals surface area contributed by atoms with Crippen LogP contribution < -0.4 is 5.32 Å². The number of phenols is 1. The normalized spacial score (nSPS) is 14.0. The highest BCUT2D eigenvalue weighted by molar-refractivity contribution is 6.30. The van der Waals surface area contributed by atoms with E-state index < -0.39 is 5.82 Å². The number of halogens is 2. The zero-order valence-corrected chi connectivity index (χ0v) is 12.2. The van der Waals surface area contributed by atoms with Crippen molar-refractivity contribution in [2.45, 2.75) is 25.9 Å². The lowest BCUT2D eigenvalue weighted by molar-refractivity contribution is 0.454. The van der Waals surface area contributed by atoms with E-state index in [1.165, 1.54) is 6.07 Å². The van der Waals surface area contributed by atoms with Crippen LogP contribution in [0.1, 0.15) is 37.1 Å². The molecular weight excluding hydrogens is 277 g/mol. The molecule has 2 nitrogen and oxygen atoms in total. The Morgan fingerprint density at radius 2 is 1.85 bits per heavy atom. The van der Waals surface area contributed by atoms with Gasteiger partial charge in [-0.3, -0.25) is 0 Å². The zero-order valence-electron chi connectivity index (χ0n) is 11.4. The zero-order chi connectivity index (χ0) is 14.7. The second kappa shape index (κ2) is 6.25. The highest BCUT2D eigenvalue weighted by atomic mass is 35.5. The molecule has 0 fully saturated rings. The standard InChI is InChI=1S/C16H17ClFNO/c1-10(12-4-3-5-13(17)8-12)19-11(2)15-7-6-14(20)9-16(15)18/h3-11,19-20H,1-2H3. The van der Waals surface area contributed by atoms with E-state index in [1.54, 1.807) is 6.07 Å². The Morgan fingerprint density at radius 1 is 1.10 bits per heavy atom. The molecule has 0 aliphatic rings. The Labute approximate surface area is 123 Å². The van der Waals surface area contributed by atoms with Crippen molar-refractivity contribution in [3.05, 3.63) is 64.4 Å². The van der Waals surface area contributed by atoms with Gasteiger partial charge in [0.05, 0.1) is 0 Å². The average Bonchev–Trinajstić information content (AvgIpc) is 2.38. The van der Waals surface area contributed by atoms with Crippen LogP contribution in [0.5, 0.6) is 5.75 Å². The summed E-state index contributed by atoms with van der Waals surface area (Å²) >= 11 is 5.97. The molecule has 0 heterocycles. The summed E-state index contributed by atoms with van der Waals surface area (Å²) in [7, 11) is 0. The number of aromatic hydroxyl groups is 1. The van der Waals surface area contributed by atoms with E-state index in [4.69, 9.17) is 11.6 Å². The maximum atomic E-state index is 13.8. The summed E-state index contributed by atoms with van der Waals surface area (Å²) in [6, 6.07) is 11.6. The molecule has 2 aromatic carbocycles. The monoisotopic (exact) mass is 293 g/mol. The summed E-state index contributed by atoms with van der Waals surface area (Å²) in [6.45, 7) is 3.89. The van der Waals surface area contributed by atoms with E-state index in [0.717, 1.165) is 11.6 Å². The van der Waals surface area contributed by atoms with Crippen molar-refractivity contribution in [1.82, 2.24) is 5.32 Å². The Hall–Kier alpha value is -1.58. The van der Waals surface area contributed by atoms with Crippen molar-refractivity contribution in [3.63, 3.8) is 0 Å². The van der Waals surface area contributed by atoms with Crippen LogP contribution in [0.15, 0.2) is 42.5 Å². The maximum absolute atomic E-state index is 13.8. The minimum absolute atomic E-state index is 0.0388. The van der Waals surface area contributed by atoms with Crippen molar-refractivity contribution >= 4 is 11.6 Å². The lowest BCUT2D eigenvalue weighted by Gasteiger charge is -2.21. The molecule has 2 unspecified atom stereocenters. The van der Waals surface area contributed by atoms with Crippen molar-refractivity contribution in [3.8, 4) is 5.75 Å².